The van der Waals surface area contributed by atoms with Gasteiger partial charge in [0.1, 0.15) is 28.6 Å². The molecule has 4 aromatic rings. The van der Waals surface area contributed by atoms with Gasteiger partial charge in [-0.1, -0.05) is 23.7 Å². The molecule has 1 aliphatic heterocycles. The number of hydrogen-bond donors (Lipinski definition) is 2. The maximum absolute atomic E-state index is 13.5. The molecule has 0 radical (unpaired) electrons. The Kier molecular flexibility index (Phi) is 5.34. The van der Waals surface area contributed by atoms with E-state index < -0.39 is 6.04 Å². The Bertz CT molecular complexity index is 1330. The largest absolute Gasteiger partial charge is 0.507 e. The smallest absolute Gasteiger partial charge is 0.273 e. The van der Waals surface area contributed by atoms with Crippen LogP contribution in [0.25, 0.3) is 11.3 Å². The van der Waals surface area contributed by atoms with Crippen LogP contribution < -0.4 is 4.74 Å². The van der Waals surface area contributed by atoms with Gasteiger partial charge in [-0.3, -0.25) is 9.89 Å². The Balaban J connectivity index is 1.68. The number of phenolic OH excluding ortho intramolecular Hbond substituents is 1. The summed E-state index contributed by atoms with van der Waals surface area (Å²) in [5.41, 5.74) is 3.60. The van der Waals surface area contributed by atoms with Crippen LogP contribution in [0.4, 0.5) is 0 Å². The minimum atomic E-state index is -0.466. The number of aromatic nitrogens is 2. The van der Waals surface area contributed by atoms with E-state index in [9.17, 15) is 9.90 Å². The lowest BCUT2D eigenvalue weighted by atomic mass is 9.95. The standard InChI is InChI=1S/C25H22ClN3O4/c1-3-32-16-7-4-6-15(11-16)24-21-22(18-12-19(26)14(2)10-20(18)30)27-28-23(21)25(31)29(24)13-17-8-5-9-33-17/h4-12,24,30H,3,13H2,1-2H3,(H,27,28). The summed E-state index contributed by atoms with van der Waals surface area (Å²) in [6.07, 6.45) is 1.58. The van der Waals surface area contributed by atoms with Gasteiger partial charge in [-0.15, -0.1) is 0 Å². The average Bonchev–Trinajstić information content (AvgIpc) is 3.51. The molecule has 5 rings (SSSR count). The molecule has 0 saturated heterocycles. The number of amides is 1. The van der Waals surface area contributed by atoms with Crippen molar-refractivity contribution >= 4 is 17.5 Å². The first kappa shape index (κ1) is 21.2. The van der Waals surface area contributed by atoms with Crippen molar-refractivity contribution in [2.45, 2.75) is 26.4 Å². The maximum Gasteiger partial charge on any atom is 0.273 e. The number of furan rings is 1. The number of nitrogens with zero attached hydrogens (tertiary/aromatic N) is 2. The molecule has 2 aromatic carbocycles. The van der Waals surface area contributed by atoms with E-state index in [1.165, 1.54) is 0 Å². The fraction of sp³-hybridized carbons (Fsp3) is 0.200. The minimum absolute atomic E-state index is 0.0463. The zero-order valence-corrected chi connectivity index (χ0v) is 18.9. The zero-order valence-electron chi connectivity index (χ0n) is 18.1. The van der Waals surface area contributed by atoms with Crippen molar-refractivity contribution in [3.63, 3.8) is 0 Å². The number of halogens is 1. The highest BCUT2D eigenvalue weighted by atomic mass is 35.5. The van der Waals surface area contributed by atoms with Crippen LogP contribution in [0.5, 0.6) is 11.5 Å². The lowest BCUT2D eigenvalue weighted by Crippen LogP contribution is -2.29. The third-order valence-electron chi connectivity index (χ3n) is 5.79. The highest BCUT2D eigenvalue weighted by molar-refractivity contribution is 6.31. The molecule has 168 valence electrons. The van der Waals surface area contributed by atoms with Gasteiger partial charge < -0.3 is 19.2 Å². The third-order valence-corrected chi connectivity index (χ3v) is 6.19. The van der Waals surface area contributed by atoms with Crippen LogP contribution in [0.3, 0.4) is 0 Å². The first-order valence-corrected chi connectivity index (χ1v) is 11.0. The monoisotopic (exact) mass is 463 g/mol. The van der Waals surface area contributed by atoms with E-state index in [-0.39, 0.29) is 18.2 Å². The maximum atomic E-state index is 13.5. The van der Waals surface area contributed by atoms with Crippen molar-refractivity contribution in [3.05, 3.63) is 88.0 Å². The summed E-state index contributed by atoms with van der Waals surface area (Å²) in [6, 6.07) is 14.1. The van der Waals surface area contributed by atoms with Crippen molar-refractivity contribution in [1.29, 1.82) is 0 Å². The molecule has 0 bridgehead atoms. The molecular weight excluding hydrogens is 442 g/mol. The van der Waals surface area contributed by atoms with Crippen molar-refractivity contribution in [1.82, 2.24) is 15.1 Å². The number of fused-ring (bicyclic) bond motifs is 1. The van der Waals surface area contributed by atoms with Gasteiger partial charge in [0.15, 0.2) is 0 Å². The van der Waals surface area contributed by atoms with Crippen molar-refractivity contribution < 1.29 is 19.1 Å². The Hall–Kier alpha value is -3.71. The predicted molar refractivity (Wildman–Crippen MR) is 123 cm³/mol. The van der Waals surface area contributed by atoms with Gasteiger partial charge in [0, 0.05) is 16.1 Å². The SMILES string of the molecule is CCOc1cccc(C2c3c(-c4cc(Cl)c(C)cc4O)n[nH]c3C(=O)N2Cc2ccco2)c1. The number of aryl methyl sites for hydroxylation is 1. The number of carbonyl (C=O) groups is 1. The molecule has 1 atom stereocenters. The van der Waals surface area contributed by atoms with Gasteiger partial charge in [0.25, 0.3) is 5.91 Å². The average molecular weight is 464 g/mol. The minimum Gasteiger partial charge on any atom is -0.507 e. The molecule has 8 heteroatoms. The Morgan fingerprint density at radius 2 is 2.09 bits per heavy atom. The molecule has 0 spiro atoms. The Morgan fingerprint density at radius 3 is 2.85 bits per heavy atom. The molecule has 1 aliphatic rings. The van der Waals surface area contributed by atoms with Gasteiger partial charge in [-0.2, -0.15) is 5.10 Å². The number of H-pyrrole nitrogens is 1. The number of nitrogens with one attached hydrogen (secondary N) is 1. The van der Waals surface area contributed by atoms with E-state index >= 15 is 0 Å². The molecule has 33 heavy (non-hydrogen) atoms. The second-order valence-electron chi connectivity index (χ2n) is 7.90. The van der Waals surface area contributed by atoms with Crippen LogP contribution >= 0.6 is 11.6 Å². The van der Waals surface area contributed by atoms with E-state index in [1.807, 2.05) is 44.2 Å². The summed E-state index contributed by atoms with van der Waals surface area (Å²) in [5.74, 6) is 1.21. The quantitative estimate of drug-likeness (QED) is 0.395. The summed E-state index contributed by atoms with van der Waals surface area (Å²) < 4.78 is 11.2. The highest BCUT2D eigenvalue weighted by Crippen LogP contribution is 2.46. The number of benzene rings is 2. The highest BCUT2D eigenvalue weighted by Gasteiger charge is 2.43. The second kappa shape index (κ2) is 8.33. The number of rotatable bonds is 6. The second-order valence-corrected chi connectivity index (χ2v) is 8.31. The van der Waals surface area contributed by atoms with E-state index in [0.717, 1.165) is 11.1 Å². The molecule has 2 N–H and O–H groups in total. The normalized spacial score (nSPS) is 15.2. The van der Waals surface area contributed by atoms with Gasteiger partial charge in [-0.05, 0) is 61.4 Å². The number of hydrogen-bond acceptors (Lipinski definition) is 5. The molecule has 1 unspecified atom stereocenters. The van der Waals surface area contributed by atoms with Crippen LogP contribution in [0, 0.1) is 6.92 Å². The van der Waals surface area contributed by atoms with E-state index in [2.05, 4.69) is 10.2 Å². The number of phenols is 1. The van der Waals surface area contributed by atoms with E-state index in [4.69, 9.17) is 20.8 Å². The molecular formula is C25H22ClN3O4. The van der Waals surface area contributed by atoms with Crippen LogP contribution in [-0.4, -0.2) is 32.7 Å². The van der Waals surface area contributed by atoms with Crippen molar-refractivity contribution in [2.24, 2.45) is 0 Å². The Labute approximate surface area is 195 Å². The van der Waals surface area contributed by atoms with Crippen LogP contribution in [0.1, 0.15) is 45.9 Å². The molecule has 7 nitrogen and oxygen atoms in total. The van der Waals surface area contributed by atoms with Crippen LogP contribution in [0.2, 0.25) is 5.02 Å². The zero-order chi connectivity index (χ0) is 23.1. The lowest BCUT2D eigenvalue weighted by molar-refractivity contribution is 0.0716. The van der Waals surface area contributed by atoms with Crippen molar-refractivity contribution in [2.75, 3.05) is 6.61 Å². The topological polar surface area (TPSA) is 91.6 Å². The molecule has 2 aromatic heterocycles. The summed E-state index contributed by atoms with van der Waals surface area (Å²) in [5, 5.41) is 18.5. The fourth-order valence-corrected chi connectivity index (χ4v) is 4.44. The number of aromatic amines is 1. The van der Waals surface area contributed by atoms with Gasteiger partial charge >= 0.3 is 0 Å². The predicted octanol–water partition coefficient (Wildman–Crippen LogP) is 5.48. The summed E-state index contributed by atoms with van der Waals surface area (Å²) in [4.78, 5) is 15.2. The number of aromatic hydroxyl groups is 1. The van der Waals surface area contributed by atoms with Crippen LogP contribution in [-0.2, 0) is 6.54 Å². The van der Waals surface area contributed by atoms with Gasteiger partial charge in [0.2, 0.25) is 0 Å². The Morgan fingerprint density at radius 1 is 1.24 bits per heavy atom. The molecule has 0 fully saturated rings. The number of ether oxygens (including phenoxy) is 1. The van der Waals surface area contributed by atoms with Crippen LogP contribution in [0.15, 0.2) is 59.2 Å². The summed E-state index contributed by atoms with van der Waals surface area (Å²) >= 11 is 6.36. The molecule has 1 amide bonds. The summed E-state index contributed by atoms with van der Waals surface area (Å²) in [7, 11) is 0. The summed E-state index contributed by atoms with van der Waals surface area (Å²) in [6.45, 7) is 4.54. The lowest BCUT2D eigenvalue weighted by Gasteiger charge is -2.26. The fourth-order valence-electron chi connectivity index (χ4n) is 4.28. The van der Waals surface area contributed by atoms with Crippen molar-refractivity contribution in [3.8, 4) is 22.8 Å². The van der Waals surface area contributed by atoms with E-state index in [0.29, 0.717) is 45.7 Å². The third kappa shape index (κ3) is 3.64. The molecule has 3 heterocycles. The van der Waals surface area contributed by atoms with E-state index in [1.54, 1.807) is 29.4 Å². The number of carbonyl (C=O) groups excluding carboxylic acids is 1. The first-order valence-electron chi connectivity index (χ1n) is 10.6. The molecule has 0 aliphatic carbocycles. The van der Waals surface area contributed by atoms with Gasteiger partial charge in [0.05, 0.1) is 25.5 Å². The first-order chi connectivity index (χ1) is 16.0. The molecule has 0 saturated carbocycles. The van der Waals surface area contributed by atoms with Gasteiger partial charge in [-0.25, -0.2) is 0 Å².